The highest BCUT2D eigenvalue weighted by Crippen LogP contribution is 2.27. The van der Waals surface area contributed by atoms with Crippen molar-refractivity contribution >= 4 is 10.0 Å². The first-order valence-corrected chi connectivity index (χ1v) is 9.04. The molecule has 1 saturated heterocycles. The minimum Gasteiger partial charge on any atom is -0.275 e. The summed E-state index contributed by atoms with van der Waals surface area (Å²) >= 11 is 0. The maximum Gasteiger partial charge on any atom is 0.211 e. The molecule has 7 nitrogen and oxygen atoms in total. The molecule has 3 heterocycles. The van der Waals surface area contributed by atoms with Crippen LogP contribution < -0.4 is 0 Å². The summed E-state index contributed by atoms with van der Waals surface area (Å²) in [5.74, 6) is 0.0904. The van der Waals surface area contributed by atoms with Gasteiger partial charge in [-0.1, -0.05) is 0 Å². The van der Waals surface area contributed by atoms with Crippen LogP contribution in [0.5, 0.6) is 0 Å². The molecule has 0 aromatic carbocycles. The van der Waals surface area contributed by atoms with E-state index in [9.17, 15) is 8.42 Å². The Morgan fingerprint density at radius 2 is 2.09 bits per heavy atom. The van der Waals surface area contributed by atoms with Crippen molar-refractivity contribution in [1.82, 2.24) is 24.1 Å². The average Bonchev–Trinajstić information content (AvgIpc) is 2.93. The molecular weight excluding hydrogens is 302 g/mol. The van der Waals surface area contributed by atoms with Crippen LogP contribution in [0, 0.1) is 0 Å². The van der Waals surface area contributed by atoms with E-state index in [1.807, 2.05) is 13.2 Å². The lowest BCUT2D eigenvalue weighted by Crippen LogP contribution is -2.38. The van der Waals surface area contributed by atoms with Crippen LogP contribution in [0.2, 0.25) is 0 Å². The predicted octanol–water partition coefficient (Wildman–Crippen LogP) is 1.02. The van der Waals surface area contributed by atoms with Crippen molar-refractivity contribution in [3.8, 4) is 11.3 Å². The molecule has 8 heteroatoms. The van der Waals surface area contributed by atoms with E-state index in [0.717, 1.165) is 29.8 Å². The van der Waals surface area contributed by atoms with E-state index < -0.39 is 10.0 Å². The molecule has 1 atom stereocenters. The van der Waals surface area contributed by atoms with Crippen molar-refractivity contribution in [3.63, 3.8) is 0 Å². The molecule has 0 aliphatic carbocycles. The molecule has 2 aromatic rings. The summed E-state index contributed by atoms with van der Waals surface area (Å²) in [5.41, 5.74) is 2.52. The number of sulfonamides is 1. The van der Waals surface area contributed by atoms with Gasteiger partial charge < -0.3 is 0 Å². The highest BCUT2D eigenvalue weighted by atomic mass is 32.2. The Morgan fingerprint density at radius 1 is 1.27 bits per heavy atom. The van der Waals surface area contributed by atoms with Crippen LogP contribution in [0.3, 0.4) is 0 Å². The normalized spacial score (nSPS) is 20.2. The molecule has 0 spiro atoms. The fraction of sp³-hybridized carbons (Fsp3) is 0.500. The molecule has 0 bridgehead atoms. The van der Waals surface area contributed by atoms with E-state index in [-0.39, 0.29) is 5.92 Å². The Balaban J connectivity index is 1.86. The van der Waals surface area contributed by atoms with Gasteiger partial charge in [0.15, 0.2) is 0 Å². The van der Waals surface area contributed by atoms with Crippen LogP contribution in [-0.4, -0.2) is 51.8 Å². The first kappa shape index (κ1) is 15.1. The van der Waals surface area contributed by atoms with Gasteiger partial charge in [0.1, 0.15) is 0 Å². The zero-order chi connectivity index (χ0) is 15.7. The Morgan fingerprint density at radius 3 is 2.77 bits per heavy atom. The van der Waals surface area contributed by atoms with Crippen LogP contribution in [0.1, 0.15) is 24.5 Å². The molecule has 0 saturated carbocycles. The van der Waals surface area contributed by atoms with Crippen molar-refractivity contribution in [2.45, 2.75) is 18.8 Å². The van der Waals surface area contributed by atoms with Crippen molar-refractivity contribution in [2.24, 2.45) is 7.05 Å². The van der Waals surface area contributed by atoms with Crippen molar-refractivity contribution in [1.29, 1.82) is 0 Å². The second kappa shape index (κ2) is 5.77. The first-order valence-electron chi connectivity index (χ1n) is 7.19. The van der Waals surface area contributed by atoms with Crippen molar-refractivity contribution in [2.75, 3.05) is 19.3 Å². The molecular formula is C14H19N5O2S. The van der Waals surface area contributed by atoms with Gasteiger partial charge in [0, 0.05) is 44.0 Å². The van der Waals surface area contributed by atoms with E-state index in [2.05, 4.69) is 15.1 Å². The van der Waals surface area contributed by atoms with Gasteiger partial charge >= 0.3 is 0 Å². The first-order chi connectivity index (χ1) is 10.4. The maximum absolute atomic E-state index is 11.7. The van der Waals surface area contributed by atoms with Crippen LogP contribution in [0.25, 0.3) is 11.3 Å². The molecule has 0 amide bonds. The zero-order valence-electron chi connectivity index (χ0n) is 12.7. The largest absolute Gasteiger partial charge is 0.275 e. The molecule has 0 radical (unpaired) electrons. The molecule has 3 rings (SSSR count). The summed E-state index contributed by atoms with van der Waals surface area (Å²) in [4.78, 5) is 8.92. The smallest absolute Gasteiger partial charge is 0.211 e. The quantitative estimate of drug-likeness (QED) is 0.843. The summed E-state index contributed by atoms with van der Waals surface area (Å²) < 4.78 is 26.7. The fourth-order valence-electron chi connectivity index (χ4n) is 2.76. The highest BCUT2D eigenvalue weighted by Gasteiger charge is 2.27. The number of hydrogen-bond acceptors (Lipinski definition) is 5. The van der Waals surface area contributed by atoms with Gasteiger partial charge in [0.25, 0.3) is 0 Å². The fourth-order valence-corrected chi connectivity index (χ4v) is 3.67. The Labute approximate surface area is 130 Å². The van der Waals surface area contributed by atoms with Gasteiger partial charge in [0.2, 0.25) is 10.0 Å². The van der Waals surface area contributed by atoms with Crippen molar-refractivity contribution in [3.05, 3.63) is 30.5 Å². The molecule has 0 N–H and O–H groups in total. The molecule has 118 valence electrons. The van der Waals surface area contributed by atoms with Crippen LogP contribution in [0.4, 0.5) is 0 Å². The lowest BCUT2D eigenvalue weighted by molar-refractivity contribution is 0.314. The van der Waals surface area contributed by atoms with E-state index in [1.165, 1.54) is 10.6 Å². The molecule has 1 aliphatic rings. The maximum atomic E-state index is 11.7. The van der Waals surface area contributed by atoms with Crippen LogP contribution >= 0.6 is 0 Å². The molecule has 22 heavy (non-hydrogen) atoms. The third-order valence-corrected chi connectivity index (χ3v) is 5.19. The van der Waals surface area contributed by atoms with Gasteiger partial charge in [-0.25, -0.2) is 17.7 Å². The number of piperidine rings is 1. The summed E-state index contributed by atoms with van der Waals surface area (Å²) in [5, 5.41) is 4.14. The van der Waals surface area contributed by atoms with E-state index in [4.69, 9.17) is 0 Å². The summed E-state index contributed by atoms with van der Waals surface area (Å²) in [7, 11) is -1.30. The highest BCUT2D eigenvalue weighted by molar-refractivity contribution is 7.88. The second-order valence-corrected chi connectivity index (χ2v) is 7.67. The number of rotatable bonds is 3. The van der Waals surface area contributed by atoms with E-state index in [1.54, 1.807) is 23.3 Å². The second-order valence-electron chi connectivity index (χ2n) is 5.69. The molecule has 1 unspecified atom stereocenters. The monoisotopic (exact) mass is 321 g/mol. The van der Waals surface area contributed by atoms with Gasteiger partial charge in [-0.05, 0) is 12.8 Å². The van der Waals surface area contributed by atoms with Crippen molar-refractivity contribution < 1.29 is 8.42 Å². The van der Waals surface area contributed by atoms with E-state index >= 15 is 0 Å². The topological polar surface area (TPSA) is 81.0 Å². The standard InChI is InChI=1S/C14H19N5O2S/c1-18-9-12(6-16-18)14-8-15-7-13(17-14)11-4-3-5-19(10-11)22(2,20)21/h6-9,11H,3-5,10H2,1-2H3. The number of aromatic nitrogens is 4. The Kier molecular flexibility index (Phi) is 3.96. The molecule has 2 aromatic heterocycles. The summed E-state index contributed by atoms with van der Waals surface area (Å²) in [6, 6.07) is 0. The predicted molar refractivity (Wildman–Crippen MR) is 82.6 cm³/mol. The van der Waals surface area contributed by atoms with Crippen LogP contribution in [-0.2, 0) is 17.1 Å². The third kappa shape index (κ3) is 3.17. The van der Waals surface area contributed by atoms with Gasteiger partial charge in [0.05, 0.1) is 30.0 Å². The number of hydrogen-bond donors (Lipinski definition) is 0. The van der Waals surface area contributed by atoms with Gasteiger partial charge in [-0.15, -0.1) is 0 Å². The molecule has 1 fully saturated rings. The number of aryl methyl sites for hydroxylation is 1. The third-order valence-electron chi connectivity index (χ3n) is 3.93. The van der Waals surface area contributed by atoms with Crippen LogP contribution in [0.15, 0.2) is 24.8 Å². The minimum atomic E-state index is -3.15. The lowest BCUT2D eigenvalue weighted by atomic mass is 9.96. The van der Waals surface area contributed by atoms with E-state index in [0.29, 0.717) is 13.1 Å². The zero-order valence-corrected chi connectivity index (χ0v) is 13.5. The SMILES string of the molecule is Cn1cc(-c2cncc(C3CCCN(S(C)(=O)=O)C3)n2)cn1. The van der Waals surface area contributed by atoms with Gasteiger partial charge in [-0.3, -0.25) is 9.67 Å². The van der Waals surface area contributed by atoms with Gasteiger partial charge in [-0.2, -0.15) is 5.10 Å². The Bertz CT molecular complexity index is 771. The minimum absolute atomic E-state index is 0.0904. The number of nitrogens with zero attached hydrogens (tertiary/aromatic N) is 5. The average molecular weight is 321 g/mol. The summed E-state index contributed by atoms with van der Waals surface area (Å²) in [6.07, 6.45) is 10.1. The molecule has 1 aliphatic heterocycles. The Hall–Kier alpha value is -1.80. The summed E-state index contributed by atoms with van der Waals surface area (Å²) in [6.45, 7) is 1.06. The lowest BCUT2D eigenvalue weighted by Gasteiger charge is -2.30.